The molecule has 3 rings (SSSR count). The minimum Gasteiger partial charge on any atom is -0.354 e. The van der Waals surface area contributed by atoms with Gasteiger partial charge in [-0.1, -0.05) is 51.8 Å². The van der Waals surface area contributed by atoms with Crippen LogP contribution < -0.4 is 10.7 Å². The van der Waals surface area contributed by atoms with Crippen LogP contribution in [0.25, 0.3) is 17.0 Å². The molecule has 0 spiro atoms. The van der Waals surface area contributed by atoms with Gasteiger partial charge in [0.05, 0.1) is 6.21 Å². The van der Waals surface area contributed by atoms with E-state index in [-0.39, 0.29) is 5.91 Å². The molecule has 6 nitrogen and oxygen atoms in total. The van der Waals surface area contributed by atoms with Gasteiger partial charge in [0.2, 0.25) is 5.91 Å². The van der Waals surface area contributed by atoms with E-state index in [1.807, 2.05) is 58.1 Å². The van der Waals surface area contributed by atoms with Gasteiger partial charge in [0.1, 0.15) is 0 Å². The third-order valence-corrected chi connectivity index (χ3v) is 5.53. The van der Waals surface area contributed by atoms with Crippen molar-refractivity contribution < 1.29 is 9.59 Å². The van der Waals surface area contributed by atoms with Crippen LogP contribution >= 0.6 is 0 Å². The Labute approximate surface area is 205 Å². The topological polar surface area (TPSA) is 86.3 Å². The van der Waals surface area contributed by atoms with Crippen molar-refractivity contribution in [1.29, 1.82) is 0 Å². The lowest BCUT2D eigenvalue weighted by Crippen LogP contribution is -2.15. The molecule has 0 radical (unpaired) electrons. The highest BCUT2D eigenvalue weighted by molar-refractivity contribution is 6.11. The standard InChI is InChI=1S/C22H28N4O2.C4H8.C2H6/c1-3-4-9-19-18(13-24-23-2)22-16(14-27)11-17(12-20(22)26-19)25-21(28)10-15-7-5-6-8-15;1-3-4-2;1-2/h4,9,11-15,23,26H,3,5-8,10H2,1-2H3,(H,25,28);3-4H,1-2H3;1-2H3/b9-4+,24-13-;4-3-;. The molecule has 1 aromatic carbocycles. The summed E-state index contributed by atoms with van der Waals surface area (Å²) in [6.45, 7) is 10.1. The van der Waals surface area contributed by atoms with Crippen molar-refractivity contribution >= 4 is 41.1 Å². The number of nitrogens with zero attached hydrogens (tertiary/aromatic N) is 1. The highest BCUT2D eigenvalue weighted by Gasteiger charge is 2.19. The molecular weight excluding hydrogens is 424 g/mol. The number of rotatable bonds is 8. The van der Waals surface area contributed by atoms with Crippen molar-refractivity contribution in [3.63, 3.8) is 0 Å². The fourth-order valence-corrected chi connectivity index (χ4v) is 3.89. The number of nitrogens with one attached hydrogen (secondary N) is 3. The van der Waals surface area contributed by atoms with Crippen LogP contribution in [0.5, 0.6) is 0 Å². The molecule has 0 atom stereocenters. The molecule has 6 heteroatoms. The van der Waals surface area contributed by atoms with Crippen LogP contribution in [0, 0.1) is 5.92 Å². The van der Waals surface area contributed by atoms with Crippen LogP contribution in [0.2, 0.25) is 0 Å². The number of carbonyl (C=O) groups excluding carboxylic acids is 2. The average molecular weight is 467 g/mol. The molecule has 0 saturated heterocycles. The maximum Gasteiger partial charge on any atom is 0.224 e. The number of H-pyrrole nitrogens is 1. The van der Waals surface area contributed by atoms with E-state index in [0.29, 0.717) is 23.6 Å². The molecule has 2 aromatic rings. The summed E-state index contributed by atoms with van der Waals surface area (Å²) < 4.78 is 0. The first-order chi connectivity index (χ1) is 16.6. The predicted molar refractivity (Wildman–Crippen MR) is 147 cm³/mol. The molecule has 1 aliphatic rings. The molecule has 1 saturated carbocycles. The highest BCUT2D eigenvalue weighted by Crippen LogP contribution is 2.30. The number of hydrogen-bond acceptors (Lipinski definition) is 4. The van der Waals surface area contributed by atoms with Gasteiger partial charge in [-0.25, -0.2) is 0 Å². The first-order valence-electron chi connectivity index (χ1n) is 12.5. The lowest BCUT2D eigenvalue weighted by Gasteiger charge is -2.10. The number of aromatic amines is 1. The van der Waals surface area contributed by atoms with Crippen molar-refractivity contribution in [3.05, 3.63) is 47.2 Å². The first kappa shape index (κ1) is 28.9. The molecule has 0 bridgehead atoms. The van der Waals surface area contributed by atoms with Crippen molar-refractivity contribution in [2.45, 2.75) is 73.1 Å². The van der Waals surface area contributed by atoms with Gasteiger partial charge in [-0.2, -0.15) is 5.10 Å². The van der Waals surface area contributed by atoms with Crippen molar-refractivity contribution in [1.82, 2.24) is 10.4 Å². The number of hydrazone groups is 1. The number of anilines is 1. The summed E-state index contributed by atoms with van der Waals surface area (Å²) in [4.78, 5) is 27.5. The Bertz CT molecular complexity index is 976. The Morgan fingerprint density at radius 1 is 1.18 bits per heavy atom. The van der Waals surface area contributed by atoms with Crippen molar-refractivity contribution in [3.8, 4) is 0 Å². The molecule has 1 fully saturated rings. The van der Waals surface area contributed by atoms with E-state index in [9.17, 15) is 9.59 Å². The van der Waals surface area contributed by atoms with Crippen molar-refractivity contribution in [2.75, 3.05) is 12.4 Å². The van der Waals surface area contributed by atoms with E-state index < -0.39 is 0 Å². The summed E-state index contributed by atoms with van der Waals surface area (Å²) in [5.41, 5.74) is 6.45. The normalized spacial score (nSPS) is 13.7. The first-order valence-corrected chi connectivity index (χ1v) is 12.5. The predicted octanol–water partition coefficient (Wildman–Crippen LogP) is 7.08. The lowest BCUT2D eigenvalue weighted by atomic mass is 10.0. The lowest BCUT2D eigenvalue weighted by molar-refractivity contribution is -0.117. The van der Waals surface area contributed by atoms with Gasteiger partial charge < -0.3 is 15.7 Å². The van der Waals surface area contributed by atoms with Gasteiger partial charge in [0.15, 0.2) is 6.29 Å². The van der Waals surface area contributed by atoms with E-state index in [2.05, 4.69) is 27.8 Å². The van der Waals surface area contributed by atoms with Crippen molar-refractivity contribution in [2.24, 2.45) is 11.0 Å². The molecule has 0 aliphatic heterocycles. The van der Waals surface area contributed by atoms with E-state index >= 15 is 0 Å². The Morgan fingerprint density at radius 2 is 1.85 bits per heavy atom. The second-order valence-electron chi connectivity index (χ2n) is 7.92. The number of fused-ring (bicyclic) bond motifs is 1. The molecule has 1 aromatic heterocycles. The van der Waals surface area contributed by atoms with Gasteiger partial charge in [-0.3, -0.25) is 9.59 Å². The fourth-order valence-electron chi connectivity index (χ4n) is 3.89. The Hall–Kier alpha value is -3.15. The van der Waals surface area contributed by atoms with Crippen LogP contribution in [-0.4, -0.2) is 30.4 Å². The molecule has 3 N–H and O–H groups in total. The largest absolute Gasteiger partial charge is 0.354 e. The molecule has 1 aliphatic carbocycles. The maximum absolute atomic E-state index is 12.4. The number of allylic oxidation sites excluding steroid dienone is 3. The van der Waals surface area contributed by atoms with Gasteiger partial charge in [-0.15, -0.1) is 0 Å². The Balaban J connectivity index is 0.000000872. The van der Waals surface area contributed by atoms with E-state index in [4.69, 9.17) is 0 Å². The third kappa shape index (κ3) is 8.65. The second kappa shape index (κ2) is 16.5. The summed E-state index contributed by atoms with van der Waals surface area (Å²) in [6, 6.07) is 3.62. The summed E-state index contributed by atoms with van der Waals surface area (Å²) in [5, 5.41) is 7.90. The summed E-state index contributed by atoms with van der Waals surface area (Å²) >= 11 is 0. The van der Waals surface area contributed by atoms with Crippen LogP contribution in [0.1, 0.15) is 94.8 Å². The Kier molecular flexibility index (Phi) is 14.0. The molecule has 0 unspecified atom stereocenters. The zero-order chi connectivity index (χ0) is 25.3. The van der Waals surface area contributed by atoms with Gasteiger partial charge in [0, 0.05) is 46.9 Å². The van der Waals surface area contributed by atoms with E-state index in [1.165, 1.54) is 12.8 Å². The van der Waals surface area contributed by atoms with Gasteiger partial charge >= 0.3 is 0 Å². The number of amides is 1. The Morgan fingerprint density at radius 3 is 2.41 bits per heavy atom. The minimum atomic E-state index is 0.0118. The van der Waals surface area contributed by atoms with Crippen LogP contribution in [-0.2, 0) is 4.79 Å². The molecule has 34 heavy (non-hydrogen) atoms. The molecule has 186 valence electrons. The molecule has 1 heterocycles. The SMILES string of the molecule is C/C=C\C.CC.CC/C=C/c1[nH]c2cc(NC(=O)CC3CCCC3)cc(C=O)c2c1/C=N\NC. The highest BCUT2D eigenvalue weighted by atomic mass is 16.1. The maximum atomic E-state index is 12.4. The van der Waals surface area contributed by atoms with Gasteiger partial charge in [-0.05, 0) is 57.2 Å². The number of aromatic nitrogens is 1. The number of aldehydes is 1. The number of carbonyl (C=O) groups is 2. The summed E-state index contributed by atoms with van der Waals surface area (Å²) in [7, 11) is 1.73. The van der Waals surface area contributed by atoms with E-state index in [1.54, 1.807) is 19.3 Å². The molecular formula is C28H42N4O2. The second-order valence-corrected chi connectivity index (χ2v) is 7.92. The quantitative estimate of drug-likeness (QED) is 0.168. The molecule has 1 amide bonds. The fraction of sp³-hybridized carbons (Fsp3) is 0.464. The number of benzene rings is 1. The van der Waals surface area contributed by atoms with Crippen LogP contribution in [0.3, 0.4) is 0 Å². The minimum absolute atomic E-state index is 0.0118. The third-order valence-electron chi connectivity index (χ3n) is 5.53. The average Bonchev–Trinajstić information content (AvgIpc) is 3.49. The smallest absolute Gasteiger partial charge is 0.224 e. The number of hydrogen-bond donors (Lipinski definition) is 3. The zero-order valence-electron chi connectivity index (χ0n) is 21.7. The summed E-state index contributed by atoms with van der Waals surface area (Å²) in [6.07, 6.45) is 16.7. The summed E-state index contributed by atoms with van der Waals surface area (Å²) in [5.74, 6) is 0.493. The van der Waals surface area contributed by atoms with Crippen LogP contribution in [0.4, 0.5) is 5.69 Å². The zero-order valence-corrected chi connectivity index (χ0v) is 21.7. The monoisotopic (exact) mass is 466 g/mol. The van der Waals surface area contributed by atoms with Gasteiger partial charge in [0.25, 0.3) is 0 Å². The van der Waals surface area contributed by atoms with Crippen LogP contribution in [0.15, 0.2) is 35.5 Å². The van der Waals surface area contributed by atoms with E-state index in [0.717, 1.165) is 47.7 Å².